The van der Waals surface area contributed by atoms with Gasteiger partial charge in [-0.3, -0.25) is 4.79 Å². The van der Waals surface area contributed by atoms with Crippen LogP contribution in [0.2, 0.25) is 0 Å². The Kier molecular flexibility index (Phi) is 5.63. The lowest BCUT2D eigenvalue weighted by Gasteiger charge is -2.34. The fourth-order valence-corrected chi connectivity index (χ4v) is 3.23. The van der Waals surface area contributed by atoms with Crippen LogP contribution >= 0.6 is 0 Å². The summed E-state index contributed by atoms with van der Waals surface area (Å²) in [6.45, 7) is 10.4. The molecular weight excluding hydrogens is 306 g/mol. The number of likely N-dealkylation sites (N-methyl/N-ethyl adjacent to an activating group) is 1. The van der Waals surface area contributed by atoms with E-state index >= 15 is 0 Å². The molecule has 0 aromatic carbocycles. The van der Waals surface area contributed by atoms with E-state index in [9.17, 15) is 4.79 Å². The van der Waals surface area contributed by atoms with Crippen molar-refractivity contribution in [1.29, 1.82) is 0 Å². The second-order valence-corrected chi connectivity index (χ2v) is 6.42. The molecule has 0 spiro atoms. The van der Waals surface area contributed by atoms with Crippen molar-refractivity contribution in [1.82, 2.24) is 20.2 Å². The van der Waals surface area contributed by atoms with Crippen molar-refractivity contribution in [3.05, 3.63) is 17.6 Å². The van der Waals surface area contributed by atoms with E-state index in [0.29, 0.717) is 18.1 Å². The Morgan fingerprint density at radius 2 is 2.12 bits per heavy atom. The van der Waals surface area contributed by atoms with Crippen molar-refractivity contribution in [3.8, 4) is 0 Å². The second kappa shape index (κ2) is 7.90. The maximum absolute atomic E-state index is 12.4. The van der Waals surface area contributed by atoms with Crippen LogP contribution in [0.5, 0.6) is 0 Å². The van der Waals surface area contributed by atoms with E-state index in [1.54, 1.807) is 6.07 Å². The molecule has 2 aliphatic rings. The zero-order valence-corrected chi connectivity index (χ0v) is 14.6. The summed E-state index contributed by atoms with van der Waals surface area (Å²) >= 11 is 0. The van der Waals surface area contributed by atoms with Gasteiger partial charge in [-0.1, -0.05) is 6.92 Å². The van der Waals surface area contributed by atoms with Crippen LogP contribution in [0.3, 0.4) is 0 Å². The van der Waals surface area contributed by atoms with Gasteiger partial charge in [0, 0.05) is 45.4 Å². The molecule has 132 valence electrons. The molecule has 0 saturated carbocycles. The predicted molar refractivity (Wildman–Crippen MR) is 92.4 cm³/mol. The Morgan fingerprint density at radius 3 is 2.79 bits per heavy atom. The normalized spacial score (nSPS) is 21.9. The van der Waals surface area contributed by atoms with Crippen LogP contribution in [0.15, 0.2) is 6.07 Å². The first-order valence-corrected chi connectivity index (χ1v) is 8.88. The van der Waals surface area contributed by atoms with Crippen LogP contribution in [0.25, 0.3) is 0 Å². The highest BCUT2D eigenvalue weighted by Gasteiger charge is 2.20. The highest BCUT2D eigenvalue weighted by molar-refractivity contribution is 5.93. The van der Waals surface area contributed by atoms with E-state index in [1.165, 1.54) is 0 Å². The van der Waals surface area contributed by atoms with Gasteiger partial charge < -0.3 is 19.9 Å². The lowest BCUT2D eigenvalue weighted by Crippen LogP contribution is -2.46. The number of rotatable bonds is 5. The molecule has 3 heterocycles. The van der Waals surface area contributed by atoms with Crippen LogP contribution in [0.4, 0.5) is 5.82 Å². The fourth-order valence-electron chi connectivity index (χ4n) is 3.23. The molecular formula is C17H27N5O2. The lowest BCUT2D eigenvalue weighted by atomic mass is 10.2. The highest BCUT2D eigenvalue weighted by Crippen LogP contribution is 2.16. The Morgan fingerprint density at radius 1 is 1.33 bits per heavy atom. The first kappa shape index (κ1) is 17.1. The third kappa shape index (κ3) is 4.21. The van der Waals surface area contributed by atoms with Crippen molar-refractivity contribution in [2.45, 2.75) is 32.8 Å². The molecule has 1 N–H and O–H groups in total. The minimum atomic E-state index is -0.149. The number of ether oxygens (including phenoxy) is 1. The molecule has 2 aliphatic heterocycles. The molecule has 7 heteroatoms. The van der Waals surface area contributed by atoms with E-state index in [1.807, 2.05) is 6.92 Å². The number of nitrogens with one attached hydrogen (secondary N) is 1. The molecule has 1 aromatic heterocycles. The third-order valence-electron chi connectivity index (χ3n) is 4.71. The average Bonchev–Trinajstić information content (AvgIpc) is 3.12. The summed E-state index contributed by atoms with van der Waals surface area (Å²) in [6, 6.07) is 1.81. The minimum Gasteiger partial charge on any atom is -0.376 e. The Labute approximate surface area is 143 Å². The van der Waals surface area contributed by atoms with Gasteiger partial charge in [0.25, 0.3) is 5.91 Å². The third-order valence-corrected chi connectivity index (χ3v) is 4.71. The maximum Gasteiger partial charge on any atom is 0.270 e. The van der Waals surface area contributed by atoms with Gasteiger partial charge in [-0.25, -0.2) is 9.97 Å². The van der Waals surface area contributed by atoms with E-state index in [-0.39, 0.29) is 12.0 Å². The van der Waals surface area contributed by atoms with Crippen LogP contribution < -0.4 is 10.2 Å². The quantitative estimate of drug-likeness (QED) is 0.861. The summed E-state index contributed by atoms with van der Waals surface area (Å²) in [6.07, 6.45) is 2.22. The SMILES string of the molecule is CCN1CCN(c2cc(C(=O)NCC3CCCO3)nc(C)n2)CC1. The molecule has 0 radical (unpaired) electrons. The van der Waals surface area contributed by atoms with Crippen LogP contribution in [0.1, 0.15) is 36.1 Å². The molecule has 2 saturated heterocycles. The number of anilines is 1. The van der Waals surface area contributed by atoms with Crippen molar-refractivity contribution >= 4 is 11.7 Å². The highest BCUT2D eigenvalue weighted by atomic mass is 16.5. The van der Waals surface area contributed by atoms with Crippen LogP contribution in [-0.4, -0.2) is 72.8 Å². The van der Waals surface area contributed by atoms with Crippen LogP contribution in [0, 0.1) is 6.92 Å². The van der Waals surface area contributed by atoms with Gasteiger partial charge in [-0.15, -0.1) is 0 Å². The molecule has 3 rings (SSSR count). The zero-order valence-electron chi connectivity index (χ0n) is 14.6. The van der Waals surface area contributed by atoms with Crippen molar-refractivity contribution in [3.63, 3.8) is 0 Å². The number of piperazine rings is 1. The summed E-state index contributed by atoms with van der Waals surface area (Å²) in [5.41, 5.74) is 0.438. The molecule has 1 atom stereocenters. The standard InChI is InChI=1S/C17H27N5O2/c1-3-21-6-8-22(9-7-21)16-11-15(19-13(2)20-16)17(23)18-12-14-5-4-10-24-14/h11,14H,3-10,12H2,1-2H3,(H,18,23). The Balaban J connectivity index is 1.63. The van der Waals surface area contributed by atoms with Gasteiger partial charge in [0.05, 0.1) is 6.10 Å². The monoisotopic (exact) mass is 333 g/mol. The van der Waals surface area contributed by atoms with Gasteiger partial charge in [0.2, 0.25) is 0 Å². The van der Waals surface area contributed by atoms with Gasteiger partial charge in [-0.05, 0) is 26.3 Å². The number of carbonyl (C=O) groups excluding carboxylic acids is 1. The summed E-state index contributed by atoms with van der Waals surface area (Å²) in [5.74, 6) is 1.33. The van der Waals surface area contributed by atoms with Crippen LogP contribution in [-0.2, 0) is 4.74 Å². The van der Waals surface area contributed by atoms with Gasteiger partial charge in [0.1, 0.15) is 17.3 Å². The molecule has 1 unspecified atom stereocenters. The van der Waals surface area contributed by atoms with Gasteiger partial charge >= 0.3 is 0 Å². The number of aryl methyl sites for hydroxylation is 1. The minimum absolute atomic E-state index is 0.137. The lowest BCUT2D eigenvalue weighted by molar-refractivity contribution is 0.0853. The average molecular weight is 333 g/mol. The van der Waals surface area contributed by atoms with Crippen molar-refractivity contribution in [2.24, 2.45) is 0 Å². The Hall–Kier alpha value is -1.73. The second-order valence-electron chi connectivity index (χ2n) is 6.42. The molecule has 1 aromatic rings. The van der Waals surface area contributed by atoms with Gasteiger partial charge in [-0.2, -0.15) is 0 Å². The van der Waals surface area contributed by atoms with Crippen molar-refractivity contribution in [2.75, 3.05) is 50.8 Å². The number of nitrogens with zero attached hydrogens (tertiary/aromatic N) is 4. The molecule has 2 fully saturated rings. The topological polar surface area (TPSA) is 70.6 Å². The predicted octanol–water partition coefficient (Wildman–Crippen LogP) is 0.836. The number of hydrogen-bond donors (Lipinski definition) is 1. The van der Waals surface area contributed by atoms with E-state index in [4.69, 9.17) is 4.74 Å². The largest absolute Gasteiger partial charge is 0.376 e. The summed E-state index contributed by atoms with van der Waals surface area (Å²) in [5, 5.41) is 2.93. The molecule has 24 heavy (non-hydrogen) atoms. The van der Waals surface area contributed by atoms with E-state index < -0.39 is 0 Å². The summed E-state index contributed by atoms with van der Waals surface area (Å²) in [4.78, 5) is 25.9. The van der Waals surface area contributed by atoms with E-state index in [0.717, 1.165) is 58.0 Å². The summed E-state index contributed by atoms with van der Waals surface area (Å²) < 4.78 is 5.54. The first-order valence-electron chi connectivity index (χ1n) is 8.88. The van der Waals surface area contributed by atoms with E-state index in [2.05, 4.69) is 32.0 Å². The fraction of sp³-hybridized carbons (Fsp3) is 0.706. The zero-order chi connectivity index (χ0) is 16.9. The maximum atomic E-state index is 12.4. The number of hydrogen-bond acceptors (Lipinski definition) is 6. The number of carbonyl (C=O) groups is 1. The molecule has 7 nitrogen and oxygen atoms in total. The molecule has 0 aliphatic carbocycles. The summed E-state index contributed by atoms with van der Waals surface area (Å²) in [7, 11) is 0. The molecule has 0 bridgehead atoms. The number of aromatic nitrogens is 2. The van der Waals surface area contributed by atoms with Gasteiger partial charge in [0.15, 0.2) is 0 Å². The first-order chi connectivity index (χ1) is 11.7. The Bertz CT molecular complexity index is 566. The molecule has 1 amide bonds. The smallest absolute Gasteiger partial charge is 0.270 e. The van der Waals surface area contributed by atoms with Crippen molar-refractivity contribution < 1.29 is 9.53 Å². The number of amides is 1.